The maximum Gasteiger partial charge on any atom is 0.161 e. The Balaban J connectivity index is 2.05. The molecule has 0 aliphatic carbocycles. The number of ether oxygens (including phenoxy) is 2. The molecular weight excluding hydrogens is 240 g/mol. The van der Waals surface area contributed by atoms with Gasteiger partial charge in [-0.3, -0.25) is 4.90 Å². The predicted molar refractivity (Wildman–Crippen MR) is 76.9 cm³/mol. The van der Waals surface area contributed by atoms with E-state index in [-0.39, 0.29) is 0 Å². The van der Waals surface area contributed by atoms with Gasteiger partial charge in [-0.2, -0.15) is 0 Å². The van der Waals surface area contributed by atoms with Crippen molar-refractivity contribution in [2.45, 2.75) is 20.4 Å². The molecule has 4 nitrogen and oxygen atoms in total. The lowest BCUT2D eigenvalue weighted by atomic mass is 10.1. The maximum absolute atomic E-state index is 5.66. The largest absolute Gasteiger partial charge is 0.490 e. The first kappa shape index (κ1) is 14.2. The van der Waals surface area contributed by atoms with Crippen LogP contribution in [0, 0.1) is 0 Å². The van der Waals surface area contributed by atoms with Crippen LogP contribution in [0.3, 0.4) is 0 Å². The zero-order valence-electron chi connectivity index (χ0n) is 11.9. The van der Waals surface area contributed by atoms with Crippen molar-refractivity contribution in [3.05, 3.63) is 23.8 Å². The molecule has 0 atom stereocenters. The van der Waals surface area contributed by atoms with Crippen molar-refractivity contribution in [3.8, 4) is 11.5 Å². The second-order valence-electron chi connectivity index (χ2n) is 4.67. The maximum atomic E-state index is 5.66. The molecule has 0 radical (unpaired) electrons. The van der Waals surface area contributed by atoms with Crippen LogP contribution in [0.2, 0.25) is 0 Å². The Morgan fingerprint density at radius 3 is 2.42 bits per heavy atom. The fraction of sp³-hybridized carbons (Fsp3) is 0.600. The number of piperazine rings is 1. The lowest BCUT2D eigenvalue weighted by molar-refractivity contribution is 0.232. The van der Waals surface area contributed by atoms with Gasteiger partial charge in [-0.1, -0.05) is 6.07 Å². The first-order valence-electron chi connectivity index (χ1n) is 7.15. The van der Waals surface area contributed by atoms with Gasteiger partial charge >= 0.3 is 0 Å². The highest BCUT2D eigenvalue weighted by Gasteiger charge is 2.12. The van der Waals surface area contributed by atoms with E-state index in [1.165, 1.54) is 5.56 Å². The monoisotopic (exact) mass is 264 g/mol. The molecule has 0 amide bonds. The zero-order valence-corrected chi connectivity index (χ0v) is 11.9. The molecule has 2 rings (SSSR count). The van der Waals surface area contributed by atoms with Crippen LogP contribution in [-0.2, 0) is 6.54 Å². The number of hydrogen-bond donors (Lipinski definition) is 1. The average Bonchev–Trinajstić information content (AvgIpc) is 2.43. The third-order valence-corrected chi connectivity index (χ3v) is 3.22. The van der Waals surface area contributed by atoms with E-state index in [4.69, 9.17) is 9.47 Å². The summed E-state index contributed by atoms with van der Waals surface area (Å²) in [5, 5.41) is 3.37. The normalized spacial score (nSPS) is 16.3. The predicted octanol–water partition coefficient (Wildman–Crippen LogP) is 1.89. The number of nitrogens with one attached hydrogen (secondary N) is 1. The third kappa shape index (κ3) is 4.11. The molecule has 1 aliphatic rings. The van der Waals surface area contributed by atoms with Crippen molar-refractivity contribution < 1.29 is 9.47 Å². The summed E-state index contributed by atoms with van der Waals surface area (Å²) in [5.74, 6) is 1.70. The Morgan fingerprint density at radius 1 is 1.05 bits per heavy atom. The van der Waals surface area contributed by atoms with Crippen molar-refractivity contribution in [2.75, 3.05) is 39.4 Å². The molecule has 0 bridgehead atoms. The summed E-state index contributed by atoms with van der Waals surface area (Å²) >= 11 is 0. The average molecular weight is 264 g/mol. The highest BCUT2D eigenvalue weighted by atomic mass is 16.5. The number of benzene rings is 1. The summed E-state index contributed by atoms with van der Waals surface area (Å²) in [6.45, 7) is 10.7. The van der Waals surface area contributed by atoms with Crippen LogP contribution >= 0.6 is 0 Å². The summed E-state index contributed by atoms with van der Waals surface area (Å²) in [5.41, 5.74) is 1.29. The van der Waals surface area contributed by atoms with Crippen molar-refractivity contribution in [1.29, 1.82) is 0 Å². The van der Waals surface area contributed by atoms with Crippen LogP contribution in [-0.4, -0.2) is 44.3 Å². The van der Waals surface area contributed by atoms with Crippen molar-refractivity contribution in [3.63, 3.8) is 0 Å². The third-order valence-electron chi connectivity index (χ3n) is 3.22. The van der Waals surface area contributed by atoms with Gasteiger partial charge in [0.15, 0.2) is 11.5 Å². The molecule has 19 heavy (non-hydrogen) atoms. The van der Waals surface area contributed by atoms with Crippen LogP contribution in [0.15, 0.2) is 18.2 Å². The molecule has 0 aromatic heterocycles. The van der Waals surface area contributed by atoms with Crippen LogP contribution in [0.25, 0.3) is 0 Å². The molecule has 1 heterocycles. The molecule has 1 aromatic carbocycles. The molecule has 1 aromatic rings. The van der Waals surface area contributed by atoms with Gasteiger partial charge in [0.05, 0.1) is 13.2 Å². The highest BCUT2D eigenvalue weighted by Crippen LogP contribution is 2.29. The summed E-state index contributed by atoms with van der Waals surface area (Å²) < 4.78 is 11.2. The van der Waals surface area contributed by atoms with E-state index in [0.29, 0.717) is 13.2 Å². The quantitative estimate of drug-likeness (QED) is 0.851. The minimum atomic E-state index is 0.664. The van der Waals surface area contributed by atoms with Crippen molar-refractivity contribution >= 4 is 0 Å². The first-order valence-corrected chi connectivity index (χ1v) is 7.15. The number of hydrogen-bond acceptors (Lipinski definition) is 4. The Morgan fingerprint density at radius 2 is 1.74 bits per heavy atom. The van der Waals surface area contributed by atoms with Gasteiger partial charge in [0.25, 0.3) is 0 Å². The topological polar surface area (TPSA) is 33.7 Å². The van der Waals surface area contributed by atoms with E-state index < -0.39 is 0 Å². The summed E-state index contributed by atoms with van der Waals surface area (Å²) in [7, 11) is 0. The molecular formula is C15H24N2O2. The van der Waals surface area contributed by atoms with Gasteiger partial charge in [0, 0.05) is 32.7 Å². The van der Waals surface area contributed by atoms with Crippen molar-refractivity contribution in [2.24, 2.45) is 0 Å². The molecule has 1 saturated heterocycles. The van der Waals surface area contributed by atoms with Gasteiger partial charge in [-0.15, -0.1) is 0 Å². The zero-order chi connectivity index (χ0) is 13.5. The molecule has 1 fully saturated rings. The molecule has 0 saturated carbocycles. The van der Waals surface area contributed by atoms with Gasteiger partial charge in [0.1, 0.15) is 0 Å². The van der Waals surface area contributed by atoms with Crippen LogP contribution < -0.4 is 14.8 Å². The van der Waals surface area contributed by atoms with E-state index in [2.05, 4.69) is 22.3 Å². The molecule has 0 unspecified atom stereocenters. The standard InChI is InChI=1S/C15H24N2O2/c1-3-18-14-6-5-13(11-15(14)19-4-2)12-17-9-7-16-8-10-17/h5-6,11,16H,3-4,7-10,12H2,1-2H3. The van der Waals surface area contributed by atoms with E-state index in [0.717, 1.165) is 44.2 Å². The smallest absolute Gasteiger partial charge is 0.161 e. The van der Waals surface area contributed by atoms with Crippen LogP contribution in [0.1, 0.15) is 19.4 Å². The summed E-state index contributed by atoms with van der Waals surface area (Å²) in [6.07, 6.45) is 0. The fourth-order valence-corrected chi connectivity index (χ4v) is 2.32. The van der Waals surface area contributed by atoms with Gasteiger partial charge in [-0.25, -0.2) is 0 Å². The van der Waals surface area contributed by atoms with E-state index in [1.54, 1.807) is 0 Å². The Hall–Kier alpha value is -1.26. The molecule has 106 valence electrons. The lowest BCUT2D eigenvalue weighted by Gasteiger charge is -2.27. The van der Waals surface area contributed by atoms with Gasteiger partial charge < -0.3 is 14.8 Å². The minimum absolute atomic E-state index is 0.664. The van der Waals surface area contributed by atoms with Gasteiger partial charge in [0.2, 0.25) is 0 Å². The number of nitrogens with zero attached hydrogens (tertiary/aromatic N) is 1. The van der Waals surface area contributed by atoms with Crippen LogP contribution in [0.5, 0.6) is 11.5 Å². The summed E-state index contributed by atoms with van der Waals surface area (Å²) in [4.78, 5) is 2.46. The first-order chi connectivity index (χ1) is 9.33. The molecule has 4 heteroatoms. The SMILES string of the molecule is CCOc1ccc(CN2CCNCC2)cc1OCC. The highest BCUT2D eigenvalue weighted by molar-refractivity contribution is 5.43. The molecule has 0 spiro atoms. The summed E-state index contributed by atoms with van der Waals surface area (Å²) in [6, 6.07) is 6.26. The van der Waals surface area contributed by atoms with E-state index >= 15 is 0 Å². The second kappa shape index (κ2) is 7.36. The molecule has 1 aliphatic heterocycles. The lowest BCUT2D eigenvalue weighted by Crippen LogP contribution is -2.42. The van der Waals surface area contributed by atoms with Crippen molar-refractivity contribution in [1.82, 2.24) is 10.2 Å². The van der Waals surface area contributed by atoms with E-state index in [1.807, 2.05) is 19.9 Å². The Kier molecular flexibility index (Phi) is 5.48. The Labute approximate surface area is 115 Å². The second-order valence-corrected chi connectivity index (χ2v) is 4.67. The molecule has 1 N–H and O–H groups in total. The number of rotatable bonds is 6. The van der Waals surface area contributed by atoms with E-state index in [9.17, 15) is 0 Å². The van der Waals surface area contributed by atoms with Crippen LogP contribution in [0.4, 0.5) is 0 Å². The fourth-order valence-electron chi connectivity index (χ4n) is 2.32. The van der Waals surface area contributed by atoms with Gasteiger partial charge in [-0.05, 0) is 31.5 Å². The minimum Gasteiger partial charge on any atom is -0.490 e. The Bertz CT molecular complexity index is 390.